The summed E-state index contributed by atoms with van der Waals surface area (Å²) in [7, 11) is 0. The predicted molar refractivity (Wildman–Crippen MR) is 96.6 cm³/mol. The number of hydrogen-bond donors (Lipinski definition) is 1. The second-order valence-electron chi connectivity index (χ2n) is 5.97. The van der Waals surface area contributed by atoms with E-state index in [-0.39, 0.29) is 11.9 Å². The Morgan fingerprint density at radius 3 is 2.36 bits per heavy atom. The maximum absolute atomic E-state index is 12.6. The molecule has 8 heteroatoms. The van der Waals surface area contributed by atoms with Crippen LogP contribution in [0.5, 0.6) is 0 Å². The average Bonchev–Trinajstić information content (AvgIpc) is 3.15. The molecule has 1 heterocycles. The van der Waals surface area contributed by atoms with Gasteiger partial charge in [-0.25, -0.2) is 0 Å². The van der Waals surface area contributed by atoms with Crippen LogP contribution in [0.3, 0.4) is 0 Å². The van der Waals surface area contributed by atoms with Crippen molar-refractivity contribution in [1.29, 1.82) is 0 Å². The first-order valence-electron chi connectivity index (χ1n) is 8.22. The summed E-state index contributed by atoms with van der Waals surface area (Å²) in [6.07, 6.45) is -4.43. The zero-order valence-electron chi connectivity index (χ0n) is 14.2. The van der Waals surface area contributed by atoms with Gasteiger partial charge in [0.2, 0.25) is 5.89 Å². The van der Waals surface area contributed by atoms with E-state index in [4.69, 9.17) is 4.42 Å². The lowest BCUT2D eigenvalue weighted by Gasteiger charge is -2.06. The summed E-state index contributed by atoms with van der Waals surface area (Å²) in [4.78, 5) is 12.6. The van der Waals surface area contributed by atoms with Gasteiger partial charge in [0.1, 0.15) is 0 Å². The summed E-state index contributed by atoms with van der Waals surface area (Å²) in [5.74, 6) is -0.429. The van der Waals surface area contributed by atoms with Crippen LogP contribution in [-0.2, 0) is 6.18 Å². The van der Waals surface area contributed by atoms with Gasteiger partial charge >= 0.3 is 12.2 Å². The smallest absolute Gasteiger partial charge is 0.403 e. The van der Waals surface area contributed by atoms with Crippen molar-refractivity contribution in [3.8, 4) is 11.5 Å². The van der Waals surface area contributed by atoms with Crippen LogP contribution >= 0.6 is 0 Å². The maximum atomic E-state index is 12.6. The summed E-state index contributed by atoms with van der Waals surface area (Å²) in [6, 6.07) is 16.9. The van der Waals surface area contributed by atoms with Crippen LogP contribution in [0.25, 0.3) is 22.2 Å². The normalized spacial score (nSPS) is 11.5. The molecule has 1 aromatic heterocycles. The van der Waals surface area contributed by atoms with Crippen molar-refractivity contribution >= 4 is 22.7 Å². The molecule has 0 radical (unpaired) electrons. The monoisotopic (exact) mass is 383 g/mol. The summed E-state index contributed by atoms with van der Waals surface area (Å²) in [5.41, 5.74) is -0.0289. The fourth-order valence-electron chi connectivity index (χ4n) is 2.78. The largest absolute Gasteiger partial charge is 0.416 e. The quantitative estimate of drug-likeness (QED) is 0.531. The van der Waals surface area contributed by atoms with Crippen molar-refractivity contribution in [3.63, 3.8) is 0 Å². The topological polar surface area (TPSA) is 68.0 Å². The van der Waals surface area contributed by atoms with Crippen LogP contribution in [0.15, 0.2) is 71.1 Å². The second-order valence-corrected chi connectivity index (χ2v) is 5.97. The number of fused-ring (bicyclic) bond motifs is 1. The highest BCUT2D eigenvalue weighted by Gasteiger charge is 2.30. The third-order valence-electron chi connectivity index (χ3n) is 4.14. The van der Waals surface area contributed by atoms with Gasteiger partial charge in [0.25, 0.3) is 5.91 Å². The van der Waals surface area contributed by atoms with E-state index in [1.165, 1.54) is 12.1 Å². The van der Waals surface area contributed by atoms with Crippen LogP contribution in [0.4, 0.5) is 19.2 Å². The van der Waals surface area contributed by atoms with Gasteiger partial charge in [-0.05, 0) is 41.1 Å². The Kier molecular flexibility index (Phi) is 4.31. The molecule has 3 aromatic carbocycles. The van der Waals surface area contributed by atoms with E-state index in [0.29, 0.717) is 11.1 Å². The number of anilines is 1. The molecule has 1 N–H and O–H groups in total. The van der Waals surface area contributed by atoms with E-state index >= 15 is 0 Å². The summed E-state index contributed by atoms with van der Waals surface area (Å²) < 4.78 is 43.3. The lowest BCUT2D eigenvalue weighted by molar-refractivity contribution is -0.137. The van der Waals surface area contributed by atoms with Crippen LogP contribution in [0.2, 0.25) is 0 Å². The minimum absolute atomic E-state index is 0.00180. The lowest BCUT2D eigenvalue weighted by Crippen LogP contribution is -2.12. The molecule has 4 rings (SSSR count). The number of nitrogens with zero attached hydrogens (tertiary/aromatic N) is 2. The number of hydrogen-bond acceptors (Lipinski definition) is 4. The Labute approximate surface area is 156 Å². The number of carbonyl (C=O) groups is 1. The molecule has 0 spiro atoms. The standard InChI is InChI=1S/C20H12F3N3O2/c21-20(22,23)14-10-8-13(9-11-14)18-25-26-19(28-18)24-17(27)16-7-3-5-12-4-1-2-6-15(12)16/h1-11H,(H,24,26,27). The molecule has 0 bridgehead atoms. The number of aromatic nitrogens is 2. The minimum atomic E-state index is -4.43. The summed E-state index contributed by atoms with van der Waals surface area (Å²) >= 11 is 0. The molecular formula is C20H12F3N3O2. The van der Waals surface area contributed by atoms with E-state index in [9.17, 15) is 18.0 Å². The van der Waals surface area contributed by atoms with Gasteiger partial charge in [-0.15, -0.1) is 5.10 Å². The number of rotatable bonds is 3. The highest BCUT2D eigenvalue weighted by Crippen LogP contribution is 2.31. The fraction of sp³-hybridized carbons (Fsp3) is 0.0500. The molecule has 0 fully saturated rings. The fourth-order valence-corrected chi connectivity index (χ4v) is 2.78. The van der Waals surface area contributed by atoms with Gasteiger partial charge < -0.3 is 4.42 Å². The number of alkyl halides is 3. The Hall–Kier alpha value is -3.68. The number of amides is 1. The molecule has 0 unspecified atom stereocenters. The van der Waals surface area contributed by atoms with Crippen molar-refractivity contribution in [2.24, 2.45) is 0 Å². The summed E-state index contributed by atoms with van der Waals surface area (Å²) in [6.45, 7) is 0. The number of benzene rings is 3. The Morgan fingerprint density at radius 2 is 1.61 bits per heavy atom. The minimum Gasteiger partial charge on any atom is -0.403 e. The molecule has 140 valence electrons. The van der Waals surface area contributed by atoms with Crippen molar-refractivity contribution in [2.45, 2.75) is 6.18 Å². The number of nitrogens with one attached hydrogen (secondary N) is 1. The van der Waals surface area contributed by atoms with Crippen LogP contribution in [0.1, 0.15) is 15.9 Å². The first kappa shape index (κ1) is 17.7. The molecule has 28 heavy (non-hydrogen) atoms. The predicted octanol–water partition coefficient (Wildman–Crippen LogP) is 5.16. The first-order valence-corrected chi connectivity index (χ1v) is 8.22. The molecular weight excluding hydrogens is 371 g/mol. The lowest BCUT2D eigenvalue weighted by atomic mass is 10.0. The second kappa shape index (κ2) is 6.80. The molecule has 4 aromatic rings. The van der Waals surface area contributed by atoms with Crippen molar-refractivity contribution in [3.05, 3.63) is 77.9 Å². The molecule has 0 aliphatic heterocycles. The van der Waals surface area contributed by atoms with Gasteiger partial charge in [-0.1, -0.05) is 41.5 Å². The highest BCUT2D eigenvalue weighted by molar-refractivity contribution is 6.12. The first-order chi connectivity index (χ1) is 13.4. The van der Waals surface area contributed by atoms with Crippen LogP contribution < -0.4 is 5.32 Å². The third-order valence-corrected chi connectivity index (χ3v) is 4.14. The molecule has 1 amide bonds. The molecule has 0 aliphatic rings. The van der Waals surface area contributed by atoms with E-state index in [1.54, 1.807) is 12.1 Å². The Morgan fingerprint density at radius 1 is 0.893 bits per heavy atom. The van der Waals surface area contributed by atoms with E-state index in [2.05, 4.69) is 15.5 Å². The van der Waals surface area contributed by atoms with E-state index in [0.717, 1.165) is 22.9 Å². The molecule has 0 saturated carbocycles. The molecule has 0 atom stereocenters. The molecule has 0 saturated heterocycles. The SMILES string of the molecule is O=C(Nc1nnc(-c2ccc(C(F)(F)F)cc2)o1)c1cccc2ccccc12. The number of halogens is 3. The summed E-state index contributed by atoms with van der Waals surface area (Å²) in [5, 5.41) is 11.7. The molecule has 0 aliphatic carbocycles. The van der Waals surface area contributed by atoms with Gasteiger partial charge in [-0.2, -0.15) is 13.2 Å². The average molecular weight is 383 g/mol. The van der Waals surface area contributed by atoms with Crippen molar-refractivity contribution < 1.29 is 22.4 Å². The van der Waals surface area contributed by atoms with Gasteiger partial charge in [0.05, 0.1) is 5.56 Å². The van der Waals surface area contributed by atoms with Crippen LogP contribution in [-0.4, -0.2) is 16.1 Å². The zero-order valence-corrected chi connectivity index (χ0v) is 14.2. The van der Waals surface area contributed by atoms with E-state index in [1.807, 2.05) is 30.3 Å². The van der Waals surface area contributed by atoms with Crippen LogP contribution in [0, 0.1) is 0 Å². The third kappa shape index (κ3) is 3.44. The van der Waals surface area contributed by atoms with E-state index < -0.39 is 17.6 Å². The number of carbonyl (C=O) groups excluding carboxylic acids is 1. The van der Waals surface area contributed by atoms with Crippen molar-refractivity contribution in [2.75, 3.05) is 5.32 Å². The van der Waals surface area contributed by atoms with Gasteiger partial charge in [-0.3, -0.25) is 10.1 Å². The zero-order chi connectivity index (χ0) is 19.7. The van der Waals surface area contributed by atoms with Gasteiger partial charge in [0.15, 0.2) is 0 Å². The molecule has 5 nitrogen and oxygen atoms in total. The Balaban J connectivity index is 1.55. The Bertz CT molecular complexity index is 1150. The maximum Gasteiger partial charge on any atom is 0.416 e. The van der Waals surface area contributed by atoms with Gasteiger partial charge in [0, 0.05) is 11.1 Å². The van der Waals surface area contributed by atoms with Crippen molar-refractivity contribution in [1.82, 2.24) is 10.2 Å². The highest BCUT2D eigenvalue weighted by atomic mass is 19.4.